The van der Waals surface area contributed by atoms with E-state index in [1.54, 1.807) is 12.3 Å². The van der Waals surface area contributed by atoms with Gasteiger partial charge in [-0.1, -0.05) is 6.08 Å². The van der Waals surface area contributed by atoms with Gasteiger partial charge in [-0.3, -0.25) is 0 Å². The third-order valence-electron chi connectivity index (χ3n) is 2.09. The SMILES string of the molecule is C=CCC(C)Nc1ccnc(C(=O)OC)c1. The number of carbonyl (C=O) groups excluding carboxylic acids is 1. The van der Waals surface area contributed by atoms with E-state index < -0.39 is 5.97 Å². The molecule has 4 heteroatoms. The zero-order valence-electron chi connectivity index (χ0n) is 9.56. The fraction of sp³-hybridized carbons (Fsp3) is 0.333. The van der Waals surface area contributed by atoms with Crippen LogP contribution in [0.2, 0.25) is 0 Å². The molecular weight excluding hydrogens is 204 g/mol. The number of pyridine rings is 1. The molecule has 4 nitrogen and oxygen atoms in total. The molecule has 1 unspecified atom stereocenters. The van der Waals surface area contributed by atoms with Crippen LogP contribution in [-0.4, -0.2) is 24.1 Å². The number of carbonyl (C=O) groups is 1. The van der Waals surface area contributed by atoms with E-state index in [0.29, 0.717) is 5.69 Å². The second-order valence-corrected chi connectivity index (χ2v) is 3.49. The van der Waals surface area contributed by atoms with Crippen LogP contribution in [-0.2, 0) is 4.74 Å². The smallest absolute Gasteiger partial charge is 0.356 e. The molecule has 1 rings (SSSR count). The van der Waals surface area contributed by atoms with Crippen LogP contribution in [0.1, 0.15) is 23.8 Å². The van der Waals surface area contributed by atoms with Crippen molar-refractivity contribution in [2.45, 2.75) is 19.4 Å². The average molecular weight is 220 g/mol. The number of esters is 1. The number of aromatic nitrogens is 1. The van der Waals surface area contributed by atoms with Crippen molar-refractivity contribution in [3.05, 3.63) is 36.7 Å². The molecule has 0 spiro atoms. The summed E-state index contributed by atoms with van der Waals surface area (Å²) in [7, 11) is 1.34. The van der Waals surface area contributed by atoms with Crippen molar-refractivity contribution in [2.75, 3.05) is 12.4 Å². The molecule has 1 N–H and O–H groups in total. The second kappa shape index (κ2) is 5.90. The third kappa shape index (κ3) is 3.38. The number of hydrogen-bond acceptors (Lipinski definition) is 4. The molecule has 0 aliphatic carbocycles. The maximum atomic E-state index is 11.2. The zero-order chi connectivity index (χ0) is 12.0. The Bertz CT molecular complexity index is 377. The number of methoxy groups -OCH3 is 1. The Morgan fingerprint density at radius 2 is 2.50 bits per heavy atom. The fourth-order valence-corrected chi connectivity index (χ4v) is 1.33. The van der Waals surface area contributed by atoms with Crippen LogP contribution >= 0.6 is 0 Å². The second-order valence-electron chi connectivity index (χ2n) is 3.49. The van der Waals surface area contributed by atoms with E-state index in [-0.39, 0.29) is 6.04 Å². The summed E-state index contributed by atoms with van der Waals surface area (Å²) < 4.78 is 4.60. The van der Waals surface area contributed by atoms with E-state index in [1.807, 2.05) is 19.1 Å². The van der Waals surface area contributed by atoms with Crippen molar-refractivity contribution in [3.63, 3.8) is 0 Å². The standard InChI is InChI=1S/C12H16N2O2/c1-4-5-9(2)14-10-6-7-13-11(8-10)12(15)16-3/h4,6-9H,1,5H2,2-3H3,(H,13,14). The first-order valence-corrected chi connectivity index (χ1v) is 5.09. The van der Waals surface area contributed by atoms with Gasteiger partial charge in [-0.05, 0) is 25.5 Å². The molecule has 0 saturated carbocycles. The predicted octanol–water partition coefficient (Wildman–Crippen LogP) is 2.24. The van der Waals surface area contributed by atoms with Gasteiger partial charge in [0.2, 0.25) is 0 Å². The van der Waals surface area contributed by atoms with Gasteiger partial charge in [-0.2, -0.15) is 0 Å². The Morgan fingerprint density at radius 1 is 1.75 bits per heavy atom. The average Bonchev–Trinajstić information content (AvgIpc) is 2.28. The number of hydrogen-bond donors (Lipinski definition) is 1. The van der Waals surface area contributed by atoms with E-state index in [4.69, 9.17) is 0 Å². The van der Waals surface area contributed by atoms with Gasteiger partial charge < -0.3 is 10.1 Å². The van der Waals surface area contributed by atoms with Crippen molar-refractivity contribution in [1.82, 2.24) is 4.98 Å². The van der Waals surface area contributed by atoms with E-state index in [0.717, 1.165) is 12.1 Å². The fourth-order valence-electron chi connectivity index (χ4n) is 1.33. The van der Waals surface area contributed by atoms with Gasteiger partial charge in [-0.15, -0.1) is 6.58 Å². The van der Waals surface area contributed by atoms with E-state index in [9.17, 15) is 4.79 Å². The Labute approximate surface area is 95.3 Å². The van der Waals surface area contributed by atoms with Gasteiger partial charge in [0.25, 0.3) is 0 Å². The van der Waals surface area contributed by atoms with Gasteiger partial charge in [0.1, 0.15) is 5.69 Å². The maximum absolute atomic E-state index is 11.2. The molecule has 1 heterocycles. The van der Waals surface area contributed by atoms with Crippen molar-refractivity contribution >= 4 is 11.7 Å². The van der Waals surface area contributed by atoms with Crippen molar-refractivity contribution < 1.29 is 9.53 Å². The summed E-state index contributed by atoms with van der Waals surface area (Å²) in [5.41, 5.74) is 1.16. The lowest BCUT2D eigenvalue weighted by Crippen LogP contribution is -2.14. The van der Waals surface area contributed by atoms with Gasteiger partial charge in [0.15, 0.2) is 0 Å². The molecule has 86 valence electrons. The topological polar surface area (TPSA) is 51.2 Å². The highest BCUT2D eigenvalue weighted by Gasteiger charge is 2.08. The minimum atomic E-state index is -0.431. The zero-order valence-corrected chi connectivity index (χ0v) is 9.56. The van der Waals surface area contributed by atoms with E-state index >= 15 is 0 Å². The Balaban J connectivity index is 2.74. The molecule has 0 radical (unpaired) electrons. The summed E-state index contributed by atoms with van der Waals surface area (Å²) in [4.78, 5) is 15.2. The normalized spacial score (nSPS) is 11.6. The summed E-state index contributed by atoms with van der Waals surface area (Å²) in [6, 6.07) is 3.75. The lowest BCUT2D eigenvalue weighted by molar-refractivity contribution is 0.0594. The highest BCUT2D eigenvalue weighted by molar-refractivity contribution is 5.88. The Kier molecular flexibility index (Phi) is 4.51. The number of nitrogens with zero attached hydrogens (tertiary/aromatic N) is 1. The molecule has 1 aromatic rings. The maximum Gasteiger partial charge on any atom is 0.356 e. The van der Waals surface area contributed by atoms with Crippen LogP contribution in [0.5, 0.6) is 0 Å². The molecule has 0 aromatic carbocycles. The minimum absolute atomic E-state index is 0.269. The van der Waals surface area contributed by atoms with Gasteiger partial charge in [-0.25, -0.2) is 9.78 Å². The Morgan fingerprint density at radius 3 is 3.12 bits per heavy atom. The number of nitrogens with one attached hydrogen (secondary N) is 1. The first-order valence-electron chi connectivity index (χ1n) is 5.09. The monoisotopic (exact) mass is 220 g/mol. The predicted molar refractivity (Wildman–Crippen MR) is 63.5 cm³/mol. The molecule has 0 bridgehead atoms. The van der Waals surface area contributed by atoms with E-state index in [2.05, 4.69) is 21.6 Å². The highest BCUT2D eigenvalue weighted by atomic mass is 16.5. The first-order chi connectivity index (χ1) is 7.67. The van der Waals surface area contributed by atoms with Crippen molar-refractivity contribution in [2.24, 2.45) is 0 Å². The number of rotatable bonds is 5. The van der Waals surface area contributed by atoms with Gasteiger partial charge in [0.05, 0.1) is 7.11 Å². The third-order valence-corrected chi connectivity index (χ3v) is 2.09. The summed E-state index contributed by atoms with van der Waals surface area (Å²) in [5.74, 6) is -0.431. The lowest BCUT2D eigenvalue weighted by Gasteiger charge is -2.13. The van der Waals surface area contributed by atoms with Gasteiger partial charge >= 0.3 is 5.97 Å². The molecule has 0 aliphatic heterocycles. The van der Waals surface area contributed by atoms with Crippen molar-refractivity contribution in [3.8, 4) is 0 Å². The van der Waals surface area contributed by atoms with Crippen LogP contribution in [0.4, 0.5) is 5.69 Å². The molecule has 16 heavy (non-hydrogen) atoms. The highest BCUT2D eigenvalue weighted by Crippen LogP contribution is 2.11. The first kappa shape index (κ1) is 12.2. The Hall–Kier alpha value is -1.84. The van der Waals surface area contributed by atoms with Crippen LogP contribution in [0, 0.1) is 0 Å². The molecule has 0 saturated heterocycles. The van der Waals surface area contributed by atoms with Crippen LogP contribution < -0.4 is 5.32 Å². The molecule has 0 fully saturated rings. The number of anilines is 1. The largest absolute Gasteiger partial charge is 0.464 e. The summed E-state index contributed by atoms with van der Waals surface area (Å²) >= 11 is 0. The quantitative estimate of drug-likeness (QED) is 0.610. The summed E-state index contributed by atoms with van der Waals surface area (Å²) in [6.07, 6.45) is 4.28. The number of ether oxygens (including phenoxy) is 1. The van der Waals surface area contributed by atoms with E-state index in [1.165, 1.54) is 7.11 Å². The van der Waals surface area contributed by atoms with Crippen molar-refractivity contribution in [1.29, 1.82) is 0 Å². The summed E-state index contributed by atoms with van der Waals surface area (Å²) in [6.45, 7) is 5.72. The lowest BCUT2D eigenvalue weighted by atomic mass is 10.2. The molecular formula is C12H16N2O2. The minimum Gasteiger partial charge on any atom is -0.464 e. The molecule has 0 aliphatic rings. The molecule has 0 amide bonds. The van der Waals surface area contributed by atoms with Crippen LogP contribution in [0.3, 0.4) is 0 Å². The van der Waals surface area contributed by atoms with Gasteiger partial charge in [0, 0.05) is 17.9 Å². The summed E-state index contributed by atoms with van der Waals surface area (Å²) in [5, 5.41) is 3.24. The van der Waals surface area contributed by atoms with Crippen LogP contribution in [0.25, 0.3) is 0 Å². The van der Waals surface area contributed by atoms with Crippen LogP contribution in [0.15, 0.2) is 31.0 Å². The molecule has 1 atom stereocenters. The molecule has 1 aromatic heterocycles.